The lowest BCUT2D eigenvalue weighted by Crippen LogP contribution is -2.36. The number of anilines is 1. The summed E-state index contributed by atoms with van der Waals surface area (Å²) in [7, 11) is -3.91. The van der Waals surface area contributed by atoms with Crippen LogP contribution in [-0.2, 0) is 10.0 Å². The summed E-state index contributed by atoms with van der Waals surface area (Å²) in [6.45, 7) is 1.81. The van der Waals surface area contributed by atoms with Crippen molar-refractivity contribution in [3.8, 4) is 5.75 Å². The summed E-state index contributed by atoms with van der Waals surface area (Å²) in [6.07, 6.45) is 0. The monoisotopic (exact) mass is 452 g/mol. The van der Waals surface area contributed by atoms with Crippen molar-refractivity contribution in [3.05, 3.63) is 65.2 Å². The van der Waals surface area contributed by atoms with E-state index in [1.54, 1.807) is 43.3 Å². The maximum absolute atomic E-state index is 12.5. The summed E-state index contributed by atoms with van der Waals surface area (Å²) in [5, 5.41) is 10.2. The average molecular weight is 453 g/mol. The van der Waals surface area contributed by atoms with Crippen molar-refractivity contribution < 1.29 is 17.9 Å². The van der Waals surface area contributed by atoms with E-state index in [1.807, 2.05) is 18.2 Å². The maximum Gasteiger partial charge on any atom is 0.270 e. The zero-order valence-corrected chi connectivity index (χ0v) is 17.6. The third kappa shape index (κ3) is 5.73. The van der Waals surface area contributed by atoms with Gasteiger partial charge in [0.05, 0.1) is 16.6 Å². The third-order valence-corrected chi connectivity index (χ3v) is 6.70. The molecular weight excluding hydrogens is 436 g/mol. The largest absolute Gasteiger partial charge is 0.492 e. The number of aromatic nitrogens is 2. The number of ether oxygens (including phenoxy) is 1. The highest BCUT2D eigenvalue weighted by molar-refractivity contribution is 7.91. The molecule has 0 spiro atoms. The normalized spacial score (nSPS) is 12.3. The van der Waals surface area contributed by atoms with E-state index in [-0.39, 0.29) is 26.7 Å². The zero-order chi connectivity index (χ0) is 20.9. The molecule has 0 bridgehead atoms. The highest BCUT2D eigenvalue weighted by atomic mass is 35.5. The third-order valence-electron chi connectivity index (χ3n) is 3.57. The SMILES string of the molecule is C[C@H](COc1ccccc1)NS(=O)(=O)c1nnc(NC(=O)c2ccccc2Cl)s1. The van der Waals surface area contributed by atoms with Crippen molar-refractivity contribution in [2.45, 2.75) is 17.3 Å². The Morgan fingerprint density at radius 3 is 2.55 bits per heavy atom. The van der Waals surface area contributed by atoms with E-state index >= 15 is 0 Å². The predicted octanol–water partition coefficient (Wildman–Crippen LogP) is 3.19. The number of benzene rings is 2. The lowest BCUT2D eigenvalue weighted by Gasteiger charge is -2.13. The number of sulfonamides is 1. The number of carbonyl (C=O) groups excluding carboxylic acids is 1. The summed E-state index contributed by atoms with van der Waals surface area (Å²) in [6, 6.07) is 15.0. The van der Waals surface area contributed by atoms with Crippen molar-refractivity contribution in [1.29, 1.82) is 0 Å². The van der Waals surface area contributed by atoms with Crippen LogP contribution in [0.5, 0.6) is 5.75 Å². The van der Waals surface area contributed by atoms with Crippen LogP contribution >= 0.6 is 22.9 Å². The van der Waals surface area contributed by atoms with Crippen molar-refractivity contribution in [2.24, 2.45) is 0 Å². The summed E-state index contributed by atoms with van der Waals surface area (Å²) in [5.41, 5.74) is 0.249. The highest BCUT2D eigenvalue weighted by Crippen LogP contribution is 2.22. The molecule has 1 heterocycles. The van der Waals surface area contributed by atoms with Crippen LogP contribution in [-0.4, -0.2) is 37.2 Å². The summed E-state index contributed by atoms with van der Waals surface area (Å²) >= 11 is 6.72. The second-order valence-electron chi connectivity index (χ2n) is 5.95. The number of nitrogens with zero attached hydrogens (tertiary/aromatic N) is 2. The first-order valence-corrected chi connectivity index (χ1v) is 11.1. The van der Waals surface area contributed by atoms with Gasteiger partial charge in [0.25, 0.3) is 15.9 Å². The molecule has 2 N–H and O–H groups in total. The molecule has 0 saturated carbocycles. The summed E-state index contributed by atoms with van der Waals surface area (Å²) in [4.78, 5) is 12.3. The van der Waals surface area contributed by atoms with Crippen LogP contribution in [0.15, 0.2) is 58.9 Å². The number of nitrogens with one attached hydrogen (secondary N) is 2. The lowest BCUT2D eigenvalue weighted by atomic mass is 10.2. The summed E-state index contributed by atoms with van der Waals surface area (Å²) in [5.74, 6) is 0.132. The Hall–Kier alpha value is -2.53. The molecule has 1 atom stereocenters. The molecule has 0 aliphatic heterocycles. The van der Waals surface area contributed by atoms with Gasteiger partial charge in [-0.25, -0.2) is 13.1 Å². The van der Waals surface area contributed by atoms with Crippen molar-refractivity contribution in [1.82, 2.24) is 14.9 Å². The quantitative estimate of drug-likeness (QED) is 0.508. The smallest absolute Gasteiger partial charge is 0.270 e. The van der Waals surface area contributed by atoms with Crippen LogP contribution < -0.4 is 14.8 Å². The minimum Gasteiger partial charge on any atom is -0.492 e. The van der Waals surface area contributed by atoms with Crippen LogP contribution in [0.1, 0.15) is 17.3 Å². The Balaban J connectivity index is 1.61. The molecule has 11 heteroatoms. The number of hydrogen-bond acceptors (Lipinski definition) is 7. The molecule has 0 unspecified atom stereocenters. The van der Waals surface area contributed by atoms with E-state index in [1.165, 1.54) is 0 Å². The minimum atomic E-state index is -3.91. The molecule has 0 radical (unpaired) electrons. The number of para-hydroxylation sites is 1. The predicted molar refractivity (Wildman–Crippen MR) is 111 cm³/mol. The van der Waals surface area contributed by atoms with Crippen molar-refractivity contribution in [3.63, 3.8) is 0 Å². The Morgan fingerprint density at radius 2 is 1.83 bits per heavy atom. The van der Waals surface area contributed by atoms with E-state index in [4.69, 9.17) is 16.3 Å². The van der Waals surface area contributed by atoms with Gasteiger partial charge in [-0.05, 0) is 31.2 Å². The van der Waals surface area contributed by atoms with Crippen LogP contribution in [0.25, 0.3) is 0 Å². The molecule has 152 valence electrons. The van der Waals surface area contributed by atoms with E-state index < -0.39 is 22.0 Å². The lowest BCUT2D eigenvalue weighted by molar-refractivity contribution is 0.102. The second-order valence-corrected chi connectivity index (χ2v) is 9.23. The Labute approximate surface area is 176 Å². The first-order valence-electron chi connectivity index (χ1n) is 8.45. The Kier molecular flexibility index (Phi) is 6.80. The van der Waals surface area contributed by atoms with Gasteiger partial charge in [-0.2, -0.15) is 0 Å². The fourth-order valence-corrected chi connectivity index (χ4v) is 4.63. The fraction of sp³-hybridized carbons (Fsp3) is 0.167. The van der Waals surface area contributed by atoms with E-state index in [0.717, 1.165) is 11.3 Å². The molecule has 0 aliphatic rings. The molecule has 0 saturated heterocycles. The van der Waals surface area contributed by atoms with Crippen LogP contribution in [0.4, 0.5) is 5.13 Å². The van der Waals surface area contributed by atoms with Gasteiger partial charge in [0, 0.05) is 0 Å². The molecule has 3 aromatic rings. The number of rotatable bonds is 8. The molecular formula is C18H17ClN4O4S2. The van der Waals surface area contributed by atoms with Crippen molar-refractivity contribution in [2.75, 3.05) is 11.9 Å². The molecule has 8 nitrogen and oxygen atoms in total. The first kappa shape index (κ1) is 21.2. The number of carbonyl (C=O) groups is 1. The van der Waals surface area contributed by atoms with Gasteiger partial charge in [0.2, 0.25) is 9.47 Å². The van der Waals surface area contributed by atoms with E-state index in [2.05, 4.69) is 20.2 Å². The van der Waals surface area contributed by atoms with Gasteiger partial charge in [-0.15, -0.1) is 10.2 Å². The standard InChI is InChI=1S/C18H17ClN4O4S2/c1-12(11-27-13-7-3-2-4-8-13)23-29(25,26)18-22-21-17(28-18)20-16(24)14-9-5-6-10-15(14)19/h2-10,12,23H,11H2,1H3,(H,20,21,24)/t12-/m1/s1. The number of halogens is 1. The molecule has 2 aromatic carbocycles. The minimum absolute atomic E-state index is 0.0449. The van der Waals surface area contributed by atoms with Crippen LogP contribution in [0.2, 0.25) is 5.02 Å². The molecule has 0 aliphatic carbocycles. The highest BCUT2D eigenvalue weighted by Gasteiger charge is 2.23. The molecule has 0 fully saturated rings. The van der Waals surface area contributed by atoms with Gasteiger partial charge < -0.3 is 4.74 Å². The topological polar surface area (TPSA) is 110 Å². The Morgan fingerprint density at radius 1 is 1.14 bits per heavy atom. The van der Waals surface area contributed by atoms with Crippen molar-refractivity contribution >= 4 is 44.0 Å². The van der Waals surface area contributed by atoms with E-state index in [0.29, 0.717) is 5.75 Å². The van der Waals surface area contributed by atoms with Gasteiger partial charge in [0.1, 0.15) is 12.4 Å². The molecule has 3 rings (SSSR count). The molecule has 1 aromatic heterocycles. The first-order chi connectivity index (χ1) is 13.8. The average Bonchev–Trinajstić information content (AvgIpc) is 3.17. The second kappa shape index (κ2) is 9.31. The van der Waals surface area contributed by atoms with Gasteiger partial charge in [-0.1, -0.05) is 53.3 Å². The van der Waals surface area contributed by atoms with Crippen LogP contribution in [0, 0.1) is 0 Å². The molecule has 1 amide bonds. The van der Waals surface area contributed by atoms with Gasteiger partial charge >= 0.3 is 0 Å². The maximum atomic E-state index is 12.5. The number of amides is 1. The molecule has 29 heavy (non-hydrogen) atoms. The fourth-order valence-electron chi connectivity index (χ4n) is 2.27. The van der Waals surface area contributed by atoms with E-state index in [9.17, 15) is 13.2 Å². The van der Waals surface area contributed by atoms with Crippen LogP contribution in [0.3, 0.4) is 0 Å². The van der Waals surface area contributed by atoms with Gasteiger partial charge in [0.15, 0.2) is 0 Å². The Bertz CT molecular complexity index is 1090. The summed E-state index contributed by atoms with van der Waals surface area (Å²) < 4.78 is 32.7. The number of hydrogen-bond donors (Lipinski definition) is 2. The van der Waals surface area contributed by atoms with Gasteiger partial charge in [-0.3, -0.25) is 10.1 Å². The zero-order valence-electron chi connectivity index (χ0n) is 15.2.